The second-order valence-corrected chi connectivity index (χ2v) is 3.70. The quantitative estimate of drug-likeness (QED) is 0.354. The SMILES string of the molecule is CC=NOCCNS(C)(=O)=O. The Balaban J connectivity index is 3.29. The van der Waals surface area contributed by atoms with Crippen LogP contribution < -0.4 is 4.72 Å². The maximum absolute atomic E-state index is 10.5. The van der Waals surface area contributed by atoms with Crippen LogP contribution in [0.25, 0.3) is 0 Å². The van der Waals surface area contributed by atoms with Crippen molar-refractivity contribution < 1.29 is 13.3 Å². The number of hydrogen-bond donors (Lipinski definition) is 1. The first-order valence-corrected chi connectivity index (χ1v) is 5.00. The van der Waals surface area contributed by atoms with E-state index in [1.54, 1.807) is 6.92 Å². The molecule has 6 heteroatoms. The van der Waals surface area contributed by atoms with Gasteiger partial charge in [-0.15, -0.1) is 0 Å². The zero-order chi connectivity index (χ0) is 8.74. The van der Waals surface area contributed by atoms with Crippen molar-refractivity contribution in [1.29, 1.82) is 0 Å². The van der Waals surface area contributed by atoms with Gasteiger partial charge in [-0.3, -0.25) is 0 Å². The van der Waals surface area contributed by atoms with E-state index in [1.165, 1.54) is 6.21 Å². The first-order chi connectivity index (χ1) is 5.06. The van der Waals surface area contributed by atoms with Crippen molar-refractivity contribution in [2.45, 2.75) is 6.92 Å². The van der Waals surface area contributed by atoms with Gasteiger partial charge in [0.2, 0.25) is 10.0 Å². The molecule has 0 aromatic rings. The Hall–Kier alpha value is -0.620. The van der Waals surface area contributed by atoms with Crippen LogP contribution in [0.15, 0.2) is 5.16 Å². The molecule has 0 aromatic heterocycles. The lowest BCUT2D eigenvalue weighted by Gasteiger charge is -1.99. The van der Waals surface area contributed by atoms with E-state index in [4.69, 9.17) is 0 Å². The maximum atomic E-state index is 10.5. The molecule has 0 saturated heterocycles. The summed E-state index contributed by atoms with van der Waals surface area (Å²) in [5.41, 5.74) is 0. The number of rotatable bonds is 5. The summed E-state index contributed by atoms with van der Waals surface area (Å²) < 4.78 is 23.2. The molecule has 0 amide bonds. The van der Waals surface area contributed by atoms with Gasteiger partial charge in [0.05, 0.1) is 6.26 Å². The maximum Gasteiger partial charge on any atom is 0.208 e. The highest BCUT2D eigenvalue weighted by Crippen LogP contribution is 1.75. The Kier molecular flexibility index (Phi) is 4.80. The molecule has 0 spiro atoms. The predicted molar refractivity (Wildman–Crippen MR) is 43.0 cm³/mol. The molecule has 0 aliphatic rings. The first kappa shape index (κ1) is 10.4. The number of nitrogens with zero attached hydrogens (tertiary/aromatic N) is 1. The van der Waals surface area contributed by atoms with Gasteiger partial charge in [0, 0.05) is 12.8 Å². The van der Waals surface area contributed by atoms with Crippen molar-refractivity contribution in [3.8, 4) is 0 Å². The monoisotopic (exact) mass is 180 g/mol. The third-order valence-corrected chi connectivity index (χ3v) is 1.47. The molecule has 0 heterocycles. The number of hydrogen-bond acceptors (Lipinski definition) is 4. The minimum atomic E-state index is -3.09. The van der Waals surface area contributed by atoms with Crippen molar-refractivity contribution in [3.63, 3.8) is 0 Å². The van der Waals surface area contributed by atoms with Crippen molar-refractivity contribution in [2.24, 2.45) is 5.16 Å². The zero-order valence-corrected chi connectivity index (χ0v) is 7.39. The van der Waals surface area contributed by atoms with Crippen molar-refractivity contribution >= 4 is 16.2 Å². The molecule has 0 atom stereocenters. The van der Waals surface area contributed by atoms with E-state index < -0.39 is 10.0 Å². The summed E-state index contributed by atoms with van der Waals surface area (Å²) in [5, 5.41) is 3.43. The highest BCUT2D eigenvalue weighted by Gasteiger charge is 1.97. The summed E-state index contributed by atoms with van der Waals surface area (Å²) in [6, 6.07) is 0. The van der Waals surface area contributed by atoms with E-state index in [-0.39, 0.29) is 13.2 Å². The van der Waals surface area contributed by atoms with Crippen molar-refractivity contribution in [2.75, 3.05) is 19.4 Å². The largest absolute Gasteiger partial charge is 0.395 e. The van der Waals surface area contributed by atoms with Crippen molar-refractivity contribution in [1.82, 2.24) is 4.72 Å². The van der Waals surface area contributed by atoms with E-state index in [9.17, 15) is 8.42 Å². The predicted octanol–water partition coefficient (Wildman–Crippen LogP) is -0.442. The van der Waals surface area contributed by atoms with Crippen LogP contribution >= 0.6 is 0 Å². The summed E-state index contributed by atoms with van der Waals surface area (Å²) in [6.07, 6.45) is 2.58. The fourth-order valence-corrected chi connectivity index (χ4v) is 0.854. The van der Waals surface area contributed by atoms with Crippen LogP contribution in [-0.2, 0) is 14.9 Å². The molecular weight excluding hydrogens is 168 g/mol. The number of oxime groups is 1. The standard InChI is InChI=1S/C5H12N2O3S/c1-3-6-10-5-4-7-11(2,8)9/h3,7H,4-5H2,1-2H3. The van der Waals surface area contributed by atoms with E-state index in [0.29, 0.717) is 0 Å². The molecule has 0 aliphatic carbocycles. The Morgan fingerprint density at radius 3 is 2.73 bits per heavy atom. The molecule has 0 radical (unpaired) electrons. The summed E-state index contributed by atoms with van der Waals surface area (Å²) in [5.74, 6) is 0. The molecule has 0 unspecified atom stereocenters. The lowest BCUT2D eigenvalue weighted by atomic mass is 10.7. The smallest absolute Gasteiger partial charge is 0.208 e. The average Bonchev–Trinajstić information content (AvgIpc) is 1.85. The van der Waals surface area contributed by atoms with Crippen LogP contribution in [0.1, 0.15) is 6.92 Å². The molecule has 66 valence electrons. The summed E-state index contributed by atoms with van der Waals surface area (Å²) >= 11 is 0. The van der Waals surface area contributed by atoms with Gasteiger partial charge in [0.25, 0.3) is 0 Å². The lowest BCUT2D eigenvalue weighted by Crippen LogP contribution is -2.25. The van der Waals surface area contributed by atoms with Gasteiger partial charge in [-0.05, 0) is 6.92 Å². The third-order valence-electron chi connectivity index (χ3n) is 0.738. The molecule has 0 aromatic carbocycles. The van der Waals surface area contributed by atoms with E-state index in [1.807, 2.05) is 0 Å². The average molecular weight is 180 g/mol. The Morgan fingerprint density at radius 2 is 2.27 bits per heavy atom. The van der Waals surface area contributed by atoms with Gasteiger partial charge in [0.15, 0.2) is 0 Å². The van der Waals surface area contributed by atoms with Crippen LogP contribution in [0, 0.1) is 0 Å². The van der Waals surface area contributed by atoms with Crippen LogP contribution in [0.5, 0.6) is 0 Å². The summed E-state index contributed by atoms with van der Waals surface area (Å²) in [7, 11) is -3.09. The van der Waals surface area contributed by atoms with Gasteiger partial charge in [-0.25, -0.2) is 13.1 Å². The Bertz CT molecular complexity index is 210. The highest BCUT2D eigenvalue weighted by atomic mass is 32.2. The zero-order valence-electron chi connectivity index (χ0n) is 6.57. The fourth-order valence-electron chi connectivity index (χ4n) is 0.400. The lowest BCUT2D eigenvalue weighted by molar-refractivity contribution is 0.151. The van der Waals surface area contributed by atoms with Gasteiger partial charge in [-0.1, -0.05) is 5.16 Å². The molecule has 1 N–H and O–H groups in total. The minimum Gasteiger partial charge on any atom is -0.395 e. The number of nitrogens with one attached hydrogen (secondary N) is 1. The fraction of sp³-hybridized carbons (Fsp3) is 0.800. The molecule has 0 bridgehead atoms. The van der Waals surface area contributed by atoms with Crippen molar-refractivity contribution in [3.05, 3.63) is 0 Å². The molecule has 0 fully saturated rings. The van der Waals surface area contributed by atoms with Crippen LogP contribution in [-0.4, -0.2) is 34.0 Å². The summed E-state index contributed by atoms with van der Waals surface area (Å²) in [6.45, 7) is 2.21. The first-order valence-electron chi connectivity index (χ1n) is 3.11. The number of sulfonamides is 1. The topological polar surface area (TPSA) is 67.8 Å². The summed E-state index contributed by atoms with van der Waals surface area (Å²) in [4.78, 5) is 4.62. The Morgan fingerprint density at radius 1 is 1.64 bits per heavy atom. The molecule has 0 saturated carbocycles. The van der Waals surface area contributed by atoms with E-state index >= 15 is 0 Å². The molecule has 0 aliphatic heterocycles. The van der Waals surface area contributed by atoms with Gasteiger partial charge in [-0.2, -0.15) is 0 Å². The van der Waals surface area contributed by atoms with Gasteiger partial charge in [0.1, 0.15) is 6.61 Å². The van der Waals surface area contributed by atoms with E-state index in [2.05, 4.69) is 14.7 Å². The highest BCUT2D eigenvalue weighted by molar-refractivity contribution is 7.88. The second-order valence-electron chi connectivity index (χ2n) is 1.86. The normalized spacial score (nSPS) is 12.2. The molecular formula is C5H12N2O3S. The van der Waals surface area contributed by atoms with Gasteiger partial charge < -0.3 is 4.84 Å². The molecule has 11 heavy (non-hydrogen) atoms. The van der Waals surface area contributed by atoms with Gasteiger partial charge >= 0.3 is 0 Å². The van der Waals surface area contributed by atoms with Crippen LogP contribution in [0.4, 0.5) is 0 Å². The Labute approximate surface area is 66.5 Å². The second kappa shape index (κ2) is 5.09. The van der Waals surface area contributed by atoms with Crippen LogP contribution in [0.2, 0.25) is 0 Å². The van der Waals surface area contributed by atoms with Crippen LogP contribution in [0.3, 0.4) is 0 Å². The molecule has 0 rings (SSSR count). The molecule has 5 nitrogen and oxygen atoms in total. The third kappa shape index (κ3) is 9.38. The van der Waals surface area contributed by atoms with E-state index in [0.717, 1.165) is 6.26 Å². The minimum absolute atomic E-state index is 0.246.